The second kappa shape index (κ2) is 9.36. The largest absolute Gasteiger partial charge is 0.496 e. The second-order valence-electron chi connectivity index (χ2n) is 7.38. The highest BCUT2D eigenvalue weighted by molar-refractivity contribution is 6.33. The summed E-state index contributed by atoms with van der Waals surface area (Å²) in [5.41, 5.74) is -0.281. The number of nitrogens with one attached hydrogen (secondary N) is 1. The number of amides is 1. The van der Waals surface area contributed by atoms with Crippen molar-refractivity contribution >= 4 is 28.9 Å². The number of carbonyl (C=O) groups is 1. The number of ether oxygens (including phenoxy) is 2. The monoisotopic (exact) mass is 479 g/mol. The Morgan fingerprint density at radius 3 is 2.45 bits per heavy atom. The highest BCUT2D eigenvalue weighted by atomic mass is 35.5. The van der Waals surface area contributed by atoms with Crippen LogP contribution in [0.3, 0.4) is 0 Å². The van der Waals surface area contributed by atoms with Crippen molar-refractivity contribution in [1.82, 2.24) is 4.57 Å². The quantitative estimate of drug-likeness (QED) is 0.543. The third-order valence-electron chi connectivity index (χ3n) is 5.33. The number of methoxy groups -OCH3 is 1. The average molecular weight is 480 g/mol. The van der Waals surface area contributed by atoms with Crippen molar-refractivity contribution in [3.63, 3.8) is 0 Å². The standard InChI is InChI=1S/C23H21ClF3N3O3/c1-32-21-14-20(30-6-2-3-7-30)18(24)13-16(21)22(31)28-19-5-4-15(12-17(19)23(25,26)27)29-8-10-33-11-9-29/h2-7,12-14H,8-11H2,1H3,(H,28,31). The zero-order valence-corrected chi connectivity index (χ0v) is 18.4. The van der Waals surface area contributed by atoms with E-state index in [-0.39, 0.29) is 22.0 Å². The van der Waals surface area contributed by atoms with E-state index in [1.807, 2.05) is 17.0 Å². The van der Waals surface area contributed by atoms with Crippen LogP contribution in [0.1, 0.15) is 15.9 Å². The van der Waals surface area contributed by atoms with Gasteiger partial charge in [0.1, 0.15) is 5.75 Å². The number of carbonyl (C=O) groups excluding carboxylic acids is 1. The van der Waals surface area contributed by atoms with Gasteiger partial charge in [0.05, 0.1) is 47.8 Å². The van der Waals surface area contributed by atoms with Gasteiger partial charge in [-0.3, -0.25) is 4.79 Å². The van der Waals surface area contributed by atoms with Crippen LogP contribution in [0.15, 0.2) is 54.9 Å². The van der Waals surface area contributed by atoms with E-state index in [4.69, 9.17) is 21.1 Å². The molecule has 1 N–H and O–H groups in total. The maximum atomic E-state index is 13.8. The van der Waals surface area contributed by atoms with Crippen LogP contribution >= 0.6 is 11.6 Å². The second-order valence-corrected chi connectivity index (χ2v) is 7.78. The summed E-state index contributed by atoms with van der Waals surface area (Å²) < 4.78 is 53.8. The normalized spacial score (nSPS) is 14.3. The average Bonchev–Trinajstić information content (AvgIpc) is 3.33. The summed E-state index contributed by atoms with van der Waals surface area (Å²) >= 11 is 6.36. The van der Waals surface area contributed by atoms with Crippen molar-refractivity contribution in [2.45, 2.75) is 6.18 Å². The number of morpholine rings is 1. The van der Waals surface area contributed by atoms with E-state index in [1.54, 1.807) is 29.1 Å². The zero-order chi connectivity index (χ0) is 23.6. The molecule has 10 heteroatoms. The third kappa shape index (κ3) is 4.94. The predicted octanol–water partition coefficient (Wildman–Crippen LogP) is 5.25. The Morgan fingerprint density at radius 2 is 1.82 bits per heavy atom. The summed E-state index contributed by atoms with van der Waals surface area (Å²) in [6.07, 6.45) is -1.12. The Labute approximate surface area is 193 Å². The first-order chi connectivity index (χ1) is 15.8. The van der Waals surface area contributed by atoms with Crippen molar-refractivity contribution < 1.29 is 27.4 Å². The molecule has 2 heterocycles. The number of benzene rings is 2. The number of nitrogens with zero attached hydrogens (tertiary/aromatic N) is 2. The van der Waals surface area contributed by atoms with E-state index >= 15 is 0 Å². The Morgan fingerprint density at radius 1 is 1.12 bits per heavy atom. The number of aromatic nitrogens is 1. The first kappa shape index (κ1) is 23.0. The van der Waals surface area contributed by atoms with Gasteiger partial charge in [0.15, 0.2) is 0 Å². The molecule has 1 aliphatic heterocycles. The maximum Gasteiger partial charge on any atom is 0.418 e. The van der Waals surface area contributed by atoms with Gasteiger partial charge < -0.3 is 24.3 Å². The molecule has 1 saturated heterocycles. The van der Waals surface area contributed by atoms with Crippen molar-refractivity contribution in [1.29, 1.82) is 0 Å². The number of anilines is 2. The molecule has 2 aromatic carbocycles. The molecule has 0 radical (unpaired) electrons. The summed E-state index contributed by atoms with van der Waals surface area (Å²) in [5.74, 6) is -0.587. The molecule has 1 aromatic heterocycles. The van der Waals surface area contributed by atoms with Crippen molar-refractivity contribution in [3.8, 4) is 11.4 Å². The topological polar surface area (TPSA) is 55.7 Å². The first-order valence-corrected chi connectivity index (χ1v) is 10.5. The summed E-state index contributed by atoms with van der Waals surface area (Å²) in [5, 5.41) is 2.62. The summed E-state index contributed by atoms with van der Waals surface area (Å²) in [6.45, 7) is 1.87. The number of alkyl halides is 3. The molecule has 0 atom stereocenters. The van der Waals surface area contributed by atoms with Crippen LogP contribution in [0, 0.1) is 0 Å². The Bertz CT molecular complexity index is 1140. The van der Waals surface area contributed by atoms with Gasteiger partial charge in [-0.15, -0.1) is 0 Å². The molecule has 4 rings (SSSR count). The SMILES string of the molecule is COc1cc(-n2cccc2)c(Cl)cc1C(=O)Nc1ccc(N2CCOCC2)cc1C(F)(F)F. The highest BCUT2D eigenvalue weighted by Gasteiger charge is 2.35. The molecule has 1 amide bonds. The van der Waals surface area contributed by atoms with Crippen LogP contribution in [0.4, 0.5) is 24.5 Å². The molecule has 1 fully saturated rings. The van der Waals surface area contributed by atoms with Crippen LogP contribution in [0.25, 0.3) is 5.69 Å². The fourth-order valence-corrected chi connectivity index (χ4v) is 3.93. The summed E-state index contributed by atoms with van der Waals surface area (Å²) in [7, 11) is 1.37. The minimum atomic E-state index is -4.66. The number of hydrogen-bond acceptors (Lipinski definition) is 4. The molecule has 3 aromatic rings. The molecule has 0 bridgehead atoms. The van der Waals surface area contributed by atoms with Crippen molar-refractivity contribution in [2.24, 2.45) is 0 Å². The van der Waals surface area contributed by atoms with Crippen molar-refractivity contribution in [2.75, 3.05) is 43.6 Å². The van der Waals surface area contributed by atoms with Gasteiger partial charge >= 0.3 is 6.18 Å². The van der Waals surface area contributed by atoms with Gasteiger partial charge in [-0.2, -0.15) is 13.2 Å². The van der Waals surface area contributed by atoms with E-state index in [0.29, 0.717) is 37.7 Å². The Hall–Kier alpha value is -3.17. The van der Waals surface area contributed by atoms with Crippen LogP contribution < -0.4 is 15.0 Å². The van der Waals surface area contributed by atoms with Crippen molar-refractivity contribution in [3.05, 3.63) is 71.0 Å². The molecule has 33 heavy (non-hydrogen) atoms. The van der Waals surface area contributed by atoms with E-state index in [2.05, 4.69) is 5.32 Å². The minimum Gasteiger partial charge on any atom is -0.496 e. The molecule has 0 saturated carbocycles. The Kier molecular flexibility index (Phi) is 6.53. The van der Waals surface area contributed by atoms with E-state index < -0.39 is 17.6 Å². The van der Waals surface area contributed by atoms with Gasteiger partial charge in [0.2, 0.25) is 0 Å². The van der Waals surface area contributed by atoms with Gasteiger partial charge in [0, 0.05) is 37.2 Å². The highest BCUT2D eigenvalue weighted by Crippen LogP contribution is 2.38. The molecular formula is C23H21ClF3N3O3. The maximum absolute atomic E-state index is 13.8. The lowest BCUT2D eigenvalue weighted by Gasteiger charge is -2.29. The lowest BCUT2D eigenvalue weighted by molar-refractivity contribution is -0.136. The fraction of sp³-hybridized carbons (Fsp3) is 0.261. The predicted molar refractivity (Wildman–Crippen MR) is 120 cm³/mol. The molecule has 0 spiro atoms. The van der Waals surface area contributed by atoms with E-state index in [1.165, 1.54) is 19.2 Å². The molecule has 0 aliphatic carbocycles. The number of halogens is 4. The van der Waals surface area contributed by atoms with Crippen LogP contribution in [0.2, 0.25) is 5.02 Å². The smallest absolute Gasteiger partial charge is 0.418 e. The van der Waals surface area contributed by atoms with Crippen LogP contribution in [-0.4, -0.2) is 43.9 Å². The summed E-state index contributed by atoms with van der Waals surface area (Å²) in [4.78, 5) is 14.8. The first-order valence-electron chi connectivity index (χ1n) is 10.1. The number of rotatable bonds is 5. The minimum absolute atomic E-state index is 0.0174. The van der Waals surface area contributed by atoms with Gasteiger partial charge in [-0.05, 0) is 36.4 Å². The van der Waals surface area contributed by atoms with Gasteiger partial charge in [0.25, 0.3) is 5.91 Å². The molecular weight excluding hydrogens is 459 g/mol. The zero-order valence-electron chi connectivity index (χ0n) is 17.7. The Balaban J connectivity index is 1.66. The molecule has 1 aliphatic rings. The van der Waals surface area contributed by atoms with E-state index in [9.17, 15) is 18.0 Å². The van der Waals surface area contributed by atoms with Crippen LogP contribution in [0.5, 0.6) is 5.75 Å². The molecule has 0 unspecified atom stereocenters. The fourth-order valence-electron chi connectivity index (χ4n) is 3.67. The third-order valence-corrected chi connectivity index (χ3v) is 5.63. The van der Waals surface area contributed by atoms with E-state index in [0.717, 1.165) is 6.07 Å². The lowest BCUT2D eigenvalue weighted by Crippen LogP contribution is -2.36. The van der Waals surface area contributed by atoms with Gasteiger partial charge in [-0.25, -0.2) is 0 Å². The van der Waals surface area contributed by atoms with Crippen LogP contribution in [-0.2, 0) is 10.9 Å². The summed E-state index contributed by atoms with van der Waals surface area (Å²) in [6, 6.07) is 10.4. The molecule has 6 nitrogen and oxygen atoms in total. The number of hydrogen-bond donors (Lipinski definition) is 1. The molecule has 174 valence electrons. The van der Waals surface area contributed by atoms with Gasteiger partial charge in [-0.1, -0.05) is 11.6 Å². The lowest BCUT2D eigenvalue weighted by atomic mass is 10.1.